The Bertz CT molecular complexity index is 557. The van der Waals surface area contributed by atoms with E-state index in [0.717, 1.165) is 4.47 Å². The van der Waals surface area contributed by atoms with Crippen LogP contribution < -0.4 is 11.1 Å². The Morgan fingerprint density at radius 1 is 1.41 bits per heavy atom. The van der Waals surface area contributed by atoms with Crippen LogP contribution in [0.5, 0.6) is 0 Å². The summed E-state index contributed by atoms with van der Waals surface area (Å²) in [4.78, 5) is 4.14. The number of nitrogens with zero attached hydrogens (tertiary/aromatic N) is 1. The zero-order chi connectivity index (χ0) is 12.4. The van der Waals surface area contributed by atoms with Crippen molar-refractivity contribution in [2.45, 2.75) is 6.92 Å². The van der Waals surface area contributed by atoms with E-state index in [1.54, 1.807) is 31.3 Å². The Labute approximate surface area is 107 Å². The first-order valence-electron chi connectivity index (χ1n) is 5.01. The molecule has 5 heteroatoms. The normalized spacial score (nSPS) is 10.3. The first-order chi connectivity index (χ1) is 8.08. The Morgan fingerprint density at radius 3 is 2.88 bits per heavy atom. The van der Waals surface area contributed by atoms with Gasteiger partial charge in [-0.15, -0.1) is 0 Å². The van der Waals surface area contributed by atoms with Crippen LogP contribution in [0, 0.1) is 12.7 Å². The number of halogens is 2. The van der Waals surface area contributed by atoms with Crippen LogP contribution in [0.25, 0.3) is 0 Å². The van der Waals surface area contributed by atoms with E-state index in [4.69, 9.17) is 5.73 Å². The first kappa shape index (κ1) is 11.9. The van der Waals surface area contributed by atoms with E-state index in [2.05, 4.69) is 26.2 Å². The Hall–Kier alpha value is -1.62. The second-order valence-electron chi connectivity index (χ2n) is 3.64. The van der Waals surface area contributed by atoms with Crippen LogP contribution in [0.15, 0.2) is 34.9 Å². The molecule has 2 aromatic rings. The highest BCUT2D eigenvalue weighted by Crippen LogP contribution is 2.27. The maximum atomic E-state index is 13.4. The Balaban J connectivity index is 2.35. The number of nitrogens with two attached hydrogens (primary N) is 1. The summed E-state index contributed by atoms with van der Waals surface area (Å²) in [6, 6.07) is 6.61. The number of anilines is 3. The first-order valence-corrected chi connectivity index (χ1v) is 5.80. The fourth-order valence-corrected chi connectivity index (χ4v) is 1.88. The van der Waals surface area contributed by atoms with Gasteiger partial charge in [0.05, 0.1) is 16.4 Å². The number of benzene rings is 1. The van der Waals surface area contributed by atoms with Crippen LogP contribution in [-0.2, 0) is 0 Å². The third kappa shape index (κ3) is 2.55. The molecule has 0 atom stereocenters. The van der Waals surface area contributed by atoms with Crippen LogP contribution in [0.3, 0.4) is 0 Å². The second-order valence-corrected chi connectivity index (χ2v) is 4.49. The summed E-state index contributed by atoms with van der Waals surface area (Å²) < 4.78 is 14.1. The molecule has 0 unspecified atom stereocenters. The molecule has 3 nitrogen and oxygen atoms in total. The molecule has 0 aliphatic heterocycles. The molecule has 0 aliphatic rings. The van der Waals surface area contributed by atoms with Crippen molar-refractivity contribution in [3.63, 3.8) is 0 Å². The molecule has 0 radical (unpaired) electrons. The molecular weight excluding hydrogens is 285 g/mol. The molecule has 88 valence electrons. The van der Waals surface area contributed by atoms with Crippen LogP contribution in [0.1, 0.15) is 5.56 Å². The Kier molecular flexibility index (Phi) is 3.28. The summed E-state index contributed by atoms with van der Waals surface area (Å²) >= 11 is 3.35. The largest absolute Gasteiger partial charge is 0.397 e. The molecule has 0 spiro atoms. The molecule has 1 heterocycles. The van der Waals surface area contributed by atoms with Gasteiger partial charge in [-0.2, -0.15) is 0 Å². The minimum Gasteiger partial charge on any atom is -0.397 e. The van der Waals surface area contributed by atoms with Crippen LogP contribution >= 0.6 is 15.9 Å². The SMILES string of the molecule is Cc1c(F)cccc1Nc1ncc(N)cc1Br. The minimum absolute atomic E-state index is 0.249. The number of nitrogens with one attached hydrogen (secondary N) is 1. The molecule has 0 bridgehead atoms. The maximum absolute atomic E-state index is 13.4. The molecule has 1 aromatic carbocycles. The lowest BCUT2D eigenvalue weighted by atomic mass is 10.2. The monoisotopic (exact) mass is 295 g/mol. The number of nitrogen functional groups attached to an aromatic ring is 1. The minimum atomic E-state index is -0.249. The lowest BCUT2D eigenvalue weighted by Gasteiger charge is -2.10. The third-order valence-corrected chi connectivity index (χ3v) is 2.99. The fourth-order valence-electron chi connectivity index (χ4n) is 1.42. The highest BCUT2D eigenvalue weighted by atomic mass is 79.9. The van der Waals surface area contributed by atoms with Crippen molar-refractivity contribution in [3.8, 4) is 0 Å². The van der Waals surface area contributed by atoms with Crippen LogP contribution in [-0.4, -0.2) is 4.98 Å². The number of rotatable bonds is 2. The van der Waals surface area contributed by atoms with Gasteiger partial charge >= 0.3 is 0 Å². The van der Waals surface area contributed by atoms with E-state index < -0.39 is 0 Å². The average molecular weight is 296 g/mol. The van der Waals surface area contributed by atoms with Crippen molar-refractivity contribution in [2.24, 2.45) is 0 Å². The summed E-state index contributed by atoms with van der Waals surface area (Å²) in [5.41, 5.74) is 7.40. The highest BCUT2D eigenvalue weighted by Gasteiger charge is 2.06. The topological polar surface area (TPSA) is 50.9 Å². The van der Waals surface area contributed by atoms with Crippen molar-refractivity contribution in [1.82, 2.24) is 4.98 Å². The van der Waals surface area contributed by atoms with E-state index in [1.165, 1.54) is 6.07 Å². The van der Waals surface area contributed by atoms with Crippen LogP contribution in [0.4, 0.5) is 21.6 Å². The lowest BCUT2D eigenvalue weighted by Crippen LogP contribution is -1.99. The zero-order valence-electron chi connectivity index (χ0n) is 9.17. The van der Waals surface area contributed by atoms with Crippen molar-refractivity contribution in [1.29, 1.82) is 0 Å². The number of hydrogen-bond donors (Lipinski definition) is 2. The number of hydrogen-bond acceptors (Lipinski definition) is 3. The quantitative estimate of drug-likeness (QED) is 0.890. The highest BCUT2D eigenvalue weighted by molar-refractivity contribution is 9.10. The number of pyridine rings is 1. The summed E-state index contributed by atoms with van der Waals surface area (Å²) in [5.74, 6) is 0.356. The van der Waals surface area contributed by atoms with Gasteiger partial charge in [0.15, 0.2) is 0 Å². The Morgan fingerprint density at radius 2 is 2.18 bits per heavy atom. The molecule has 0 saturated carbocycles. The molecule has 1 aromatic heterocycles. The van der Waals surface area contributed by atoms with Crippen molar-refractivity contribution in [2.75, 3.05) is 11.1 Å². The predicted molar refractivity (Wildman–Crippen MR) is 70.8 cm³/mol. The third-order valence-electron chi connectivity index (χ3n) is 2.38. The molecule has 2 rings (SSSR count). The molecule has 0 aliphatic carbocycles. The molecule has 0 saturated heterocycles. The summed E-state index contributed by atoms with van der Waals surface area (Å²) in [7, 11) is 0. The molecular formula is C12H11BrFN3. The fraction of sp³-hybridized carbons (Fsp3) is 0.0833. The van der Waals surface area contributed by atoms with E-state index in [1.807, 2.05) is 0 Å². The number of aromatic nitrogens is 1. The van der Waals surface area contributed by atoms with Gasteiger partial charge in [0.25, 0.3) is 0 Å². The van der Waals surface area contributed by atoms with Crippen molar-refractivity contribution in [3.05, 3.63) is 46.3 Å². The molecule has 0 amide bonds. The van der Waals surface area contributed by atoms with Gasteiger partial charge in [-0.25, -0.2) is 9.37 Å². The predicted octanol–water partition coefficient (Wildman–Crippen LogP) is 3.62. The van der Waals surface area contributed by atoms with Gasteiger partial charge in [0.2, 0.25) is 0 Å². The maximum Gasteiger partial charge on any atom is 0.144 e. The van der Waals surface area contributed by atoms with Gasteiger partial charge in [0.1, 0.15) is 11.6 Å². The average Bonchev–Trinajstić information content (AvgIpc) is 2.28. The van der Waals surface area contributed by atoms with Gasteiger partial charge in [-0.1, -0.05) is 6.07 Å². The summed E-state index contributed by atoms with van der Waals surface area (Å²) in [6.45, 7) is 1.71. The molecule has 17 heavy (non-hydrogen) atoms. The van der Waals surface area contributed by atoms with Gasteiger partial charge in [-0.05, 0) is 41.1 Å². The summed E-state index contributed by atoms with van der Waals surface area (Å²) in [5, 5.41) is 3.05. The standard InChI is InChI=1S/C12H11BrFN3/c1-7-10(14)3-2-4-11(7)17-12-9(13)5-8(15)6-16-12/h2-6H,15H2,1H3,(H,16,17). The summed E-state index contributed by atoms with van der Waals surface area (Å²) in [6.07, 6.45) is 1.54. The van der Waals surface area contributed by atoms with E-state index in [9.17, 15) is 4.39 Å². The van der Waals surface area contributed by atoms with E-state index in [0.29, 0.717) is 22.8 Å². The van der Waals surface area contributed by atoms with Crippen LogP contribution in [0.2, 0.25) is 0 Å². The zero-order valence-corrected chi connectivity index (χ0v) is 10.8. The van der Waals surface area contributed by atoms with Gasteiger partial charge in [0, 0.05) is 11.3 Å². The second kappa shape index (κ2) is 4.71. The van der Waals surface area contributed by atoms with Gasteiger partial charge in [-0.3, -0.25) is 0 Å². The smallest absolute Gasteiger partial charge is 0.144 e. The lowest BCUT2D eigenvalue weighted by molar-refractivity contribution is 0.619. The van der Waals surface area contributed by atoms with E-state index >= 15 is 0 Å². The van der Waals surface area contributed by atoms with Gasteiger partial charge < -0.3 is 11.1 Å². The molecule has 3 N–H and O–H groups in total. The molecule has 0 fully saturated rings. The van der Waals surface area contributed by atoms with E-state index in [-0.39, 0.29) is 5.82 Å². The van der Waals surface area contributed by atoms with Crippen molar-refractivity contribution < 1.29 is 4.39 Å². The van der Waals surface area contributed by atoms with Crippen molar-refractivity contribution >= 4 is 33.1 Å².